The van der Waals surface area contributed by atoms with Crippen molar-refractivity contribution in [3.05, 3.63) is 35.9 Å². The van der Waals surface area contributed by atoms with Crippen LogP contribution < -0.4 is 5.43 Å². The number of hydrazone groups is 1. The molecule has 0 radical (unpaired) electrons. The molecule has 0 saturated heterocycles. The lowest BCUT2D eigenvalue weighted by atomic mass is 10.1. The van der Waals surface area contributed by atoms with E-state index in [2.05, 4.69) is 5.10 Å². The minimum atomic E-state index is -4.76. The molecule has 0 aliphatic heterocycles. The van der Waals surface area contributed by atoms with Gasteiger partial charge in [-0.15, -0.1) is 0 Å². The molecule has 1 aromatic rings. The predicted molar refractivity (Wildman–Crippen MR) is 67.3 cm³/mol. The summed E-state index contributed by atoms with van der Waals surface area (Å²) in [6, 6.07) is 7.69. The monoisotopic (exact) mass is 286 g/mol. The summed E-state index contributed by atoms with van der Waals surface area (Å²) in [7, 11) is 0. The van der Waals surface area contributed by atoms with Gasteiger partial charge in [0.2, 0.25) is 0 Å². The van der Waals surface area contributed by atoms with Crippen LogP contribution in [-0.2, 0) is 4.79 Å². The molecule has 1 amide bonds. The minimum absolute atomic E-state index is 0.0261. The topological polar surface area (TPSA) is 58.5 Å². The predicted octanol–water partition coefficient (Wildman–Crippen LogP) is 2.70. The lowest BCUT2D eigenvalue weighted by Gasteiger charge is -2.09. The fourth-order valence-electron chi connectivity index (χ4n) is 1.29. The molecule has 1 N–H and O–H groups in total. The molecule has 0 aromatic heterocycles. The molecule has 0 fully saturated rings. The first-order valence-corrected chi connectivity index (χ1v) is 5.85. The number of rotatable bonds is 5. The molecule has 108 valence electrons. The van der Waals surface area contributed by atoms with Crippen LogP contribution in [0.1, 0.15) is 30.1 Å². The average molecular weight is 286 g/mol. The van der Waals surface area contributed by atoms with Crippen LogP contribution in [0.2, 0.25) is 0 Å². The standard InChI is InChI=1S/C13H13F3N2O2/c1-2-10(19)8-11(13(14,15)16)17-18-12(20)9-6-4-3-5-7-9/h3-7H,2,8H2,1H3,(H,18,20). The van der Waals surface area contributed by atoms with Gasteiger partial charge in [0.25, 0.3) is 5.91 Å². The zero-order valence-electron chi connectivity index (χ0n) is 10.7. The Hall–Kier alpha value is -2.18. The Morgan fingerprint density at radius 2 is 1.80 bits per heavy atom. The summed E-state index contributed by atoms with van der Waals surface area (Å²) < 4.78 is 37.9. The first kappa shape index (κ1) is 15.9. The van der Waals surface area contributed by atoms with Gasteiger partial charge in [-0.2, -0.15) is 18.3 Å². The van der Waals surface area contributed by atoms with E-state index in [1.807, 2.05) is 5.43 Å². The molecule has 0 saturated carbocycles. The molecule has 0 atom stereocenters. The molecule has 0 aliphatic carbocycles. The number of nitrogens with zero attached hydrogens (tertiary/aromatic N) is 1. The fraction of sp³-hybridized carbons (Fsp3) is 0.308. The highest BCUT2D eigenvalue weighted by Crippen LogP contribution is 2.19. The van der Waals surface area contributed by atoms with E-state index in [9.17, 15) is 22.8 Å². The number of halogens is 3. The molecule has 0 heterocycles. The van der Waals surface area contributed by atoms with Crippen molar-refractivity contribution in [3.63, 3.8) is 0 Å². The van der Waals surface area contributed by atoms with Crippen LogP contribution in [0, 0.1) is 0 Å². The van der Waals surface area contributed by atoms with Crippen LogP contribution in [0.4, 0.5) is 13.2 Å². The largest absolute Gasteiger partial charge is 0.431 e. The number of amides is 1. The number of Topliss-reactive ketones (excluding diaryl/α,β-unsaturated/α-hetero) is 1. The van der Waals surface area contributed by atoms with Crippen molar-refractivity contribution in [2.24, 2.45) is 5.10 Å². The highest BCUT2D eigenvalue weighted by atomic mass is 19.4. The molecule has 1 rings (SSSR count). The van der Waals surface area contributed by atoms with Crippen LogP contribution >= 0.6 is 0 Å². The summed E-state index contributed by atoms with van der Waals surface area (Å²) >= 11 is 0. The average Bonchev–Trinajstić information content (AvgIpc) is 2.42. The van der Waals surface area contributed by atoms with E-state index in [1.165, 1.54) is 19.1 Å². The van der Waals surface area contributed by atoms with Crippen LogP contribution in [0.5, 0.6) is 0 Å². The Morgan fingerprint density at radius 3 is 2.30 bits per heavy atom. The molecule has 0 aliphatic rings. The van der Waals surface area contributed by atoms with Crippen molar-refractivity contribution < 1.29 is 22.8 Å². The first-order valence-electron chi connectivity index (χ1n) is 5.85. The Morgan fingerprint density at radius 1 is 1.20 bits per heavy atom. The lowest BCUT2D eigenvalue weighted by molar-refractivity contribution is -0.118. The molecule has 4 nitrogen and oxygen atoms in total. The lowest BCUT2D eigenvalue weighted by Crippen LogP contribution is -2.30. The Balaban J connectivity index is 2.82. The molecule has 0 unspecified atom stereocenters. The maximum Gasteiger partial charge on any atom is 0.431 e. The highest BCUT2D eigenvalue weighted by Gasteiger charge is 2.37. The highest BCUT2D eigenvalue weighted by molar-refractivity contribution is 6.05. The van der Waals surface area contributed by atoms with Gasteiger partial charge >= 0.3 is 6.18 Å². The number of hydrogen-bond donors (Lipinski definition) is 1. The summed E-state index contributed by atoms with van der Waals surface area (Å²) in [5.74, 6) is -1.37. The number of carbonyl (C=O) groups excluding carboxylic acids is 2. The van der Waals surface area contributed by atoms with E-state index >= 15 is 0 Å². The molecule has 1 aromatic carbocycles. The van der Waals surface area contributed by atoms with Gasteiger partial charge in [0.15, 0.2) is 0 Å². The number of benzene rings is 1. The Labute approximate surface area is 113 Å². The molecule has 0 spiro atoms. The Bertz CT molecular complexity index is 510. The van der Waals surface area contributed by atoms with Crippen molar-refractivity contribution in [2.45, 2.75) is 25.9 Å². The van der Waals surface area contributed by atoms with Crippen molar-refractivity contribution in [2.75, 3.05) is 0 Å². The second-order valence-corrected chi connectivity index (χ2v) is 3.93. The third-order valence-electron chi connectivity index (χ3n) is 2.41. The second-order valence-electron chi connectivity index (χ2n) is 3.93. The zero-order chi connectivity index (χ0) is 15.2. The zero-order valence-corrected chi connectivity index (χ0v) is 10.7. The van der Waals surface area contributed by atoms with Gasteiger partial charge in [-0.05, 0) is 12.1 Å². The van der Waals surface area contributed by atoms with Gasteiger partial charge in [0.05, 0.1) is 6.42 Å². The maximum absolute atomic E-state index is 12.6. The van der Waals surface area contributed by atoms with E-state index in [1.54, 1.807) is 18.2 Å². The number of hydrogen-bond acceptors (Lipinski definition) is 3. The van der Waals surface area contributed by atoms with Crippen molar-refractivity contribution in [1.29, 1.82) is 0 Å². The van der Waals surface area contributed by atoms with Gasteiger partial charge in [-0.1, -0.05) is 25.1 Å². The van der Waals surface area contributed by atoms with Gasteiger partial charge in [-0.3, -0.25) is 9.59 Å². The van der Waals surface area contributed by atoms with E-state index in [4.69, 9.17) is 0 Å². The van der Waals surface area contributed by atoms with Gasteiger partial charge < -0.3 is 0 Å². The van der Waals surface area contributed by atoms with Crippen LogP contribution in [0.25, 0.3) is 0 Å². The third-order valence-corrected chi connectivity index (χ3v) is 2.41. The third kappa shape index (κ3) is 4.83. The van der Waals surface area contributed by atoms with Crippen molar-refractivity contribution in [1.82, 2.24) is 5.43 Å². The smallest absolute Gasteiger partial charge is 0.299 e. The van der Waals surface area contributed by atoms with Crippen LogP contribution in [0.3, 0.4) is 0 Å². The summed E-state index contributed by atoms with van der Waals surface area (Å²) in [5, 5.41) is 3.03. The Kier molecular flexibility index (Phi) is 5.42. The summed E-state index contributed by atoms with van der Waals surface area (Å²) in [6.45, 7) is 1.46. The maximum atomic E-state index is 12.6. The SMILES string of the molecule is CCC(=O)CC(=NNC(=O)c1ccccc1)C(F)(F)F. The van der Waals surface area contributed by atoms with Gasteiger partial charge in [0.1, 0.15) is 11.5 Å². The van der Waals surface area contributed by atoms with Gasteiger partial charge in [0, 0.05) is 12.0 Å². The number of carbonyl (C=O) groups is 2. The number of alkyl halides is 3. The number of ketones is 1. The molecular weight excluding hydrogens is 273 g/mol. The van der Waals surface area contributed by atoms with E-state index in [0.29, 0.717) is 0 Å². The van der Waals surface area contributed by atoms with Crippen LogP contribution in [0.15, 0.2) is 35.4 Å². The summed E-state index contributed by atoms with van der Waals surface area (Å²) in [5.41, 5.74) is 0.681. The summed E-state index contributed by atoms with van der Waals surface area (Å²) in [4.78, 5) is 22.7. The fourth-order valence-corrected chi connectivity index (χ4v) is 1.29. The van der Waals surface area contributed by atoms with Crippen LogP contribution in [-0.4, -0.2) is 23.6 Å². The number of nitrogens with one attached hydrogen (secondary N) is 1. The van der Waals surface area contributed by atoms with E-state index in [-0.39, 0.29) is 12.0 Å². The molecular formula is C13H13F3N2O2. The summed E-state index contributed by atoms with van der Waals surface area (Å²) in [6.07, 6.45) is -5.63. The molecule has 20 heavy (non-hydrogen) atoms. The normalized spacial score (nSPS) is 12.1. The van der Waals surface area contributed by atoms with Crippen molar-refractivity contribution >= 4 is 17.4 Å². The van der Waals surface area contributed by atoms with E-state index in [0.717, 1.165) is 0 Å². The van der Waals surface area contributed by atoms with Gasteiger partial charge in [-0.25, -0.2) is 5.43 Å². The van der Waals surface area contributed by atoms with E-state index < -0.39 is 30.0 Å². The van der Waals surface area contributed by atoms with Crippen molar-refractivity contribution in [3.8, 4) is 0 Å². The molecule has 0 bridgehead atoms. The minimum Gasteiger partial charge on any atom is -0.299 e. The second kappa shape index (κ2) is 6.83. The quantitative estimate of drug-likeness (QED) is 0.668. The molecule has 7 heteroatoms. The first-order chi connectivity index (χ1) is 9.34.